The number of aromatic nitrogens is 2. The number of benzene rings is 1. The number of rotatable bonds is 3. The third-order valence-electron chi connectivity index (χ3n) is 3.56. The van der Waals surface area contributed by atoms with Gasteiger partial charge < -0.3 is 4.52 Å². The van der Waals surface area contributed by atoms with Gasteiger partial charge >= 0.3 is 0 Å². The van der Waals surface area contributed by atoms with Gasteiger partial charge in [0.2, 0.25) is 11.7 Å². The molecule has 4 heteroatoms. The third kappa shape index (κ3) is 3.20. The molecule has 2 heterocycles. The van der Waals surface area contributed by atoms with E-state index in [9.17, 15) is 0 Å². The number of hydrogen-bond acceptors (Lipinski definition) is 4. The monoisotopic (exact) mass is 257 g/mol. The Hall–Kier alpha value is -1.68. The van der Waals surface area contributed by atoms with Gasteiger partial charge in [0.15, 0.2) is 0 Å². The normalized spacial score (nSPS) is 17.3. The Labute approximate surface area is 113 Å². The Bertz CT molecular complexity index is 501. The average Bonchev–Trinajstić information content (AvgIpc) is 2.76. The largest absolute Gasteiger partial charge is 0.338 e. The van der Waals surface area contributed by atoms with Crippen molar-refractivity contribution in [3.05, 3.63) is 36.2 Å². The van der Waals surface area contributed by atoms with Crippen LogP contribution in [-0.4, -0.2) is 28.1 Å². The fourth-order valence-electron chi connectivity index (χ4n) is 2.51. The molecule has 19 heavy (non-hydrogen) atoms. The topological polar surface area (TPSA) is 42.2 Å². The number of likely N-dealkylation sites (tertiary alicyclic amines) is 1. The van der Waals surface area contributed by atoms with E-state index in [2.05, 4.69) is 15.0 Å². The maximum absolute atomic E-state index is 5.36. The van der Waals surface area contributed by atoms with Gasteiger partial charge in [0, 0.05) is 5.56 Å². The van der Waals surface area contributed by atoms with Crippen LogP contribution in [0, 0.1) is 0 Å². The predicted octanol–water partition coefficient (Wildman–Crippen LogP) is 3.11. The number of nitrogens with zero attached hydrogens (tertiary/aromatic N) is 3. The Morgan fingerprint density at radius 2 is 1.74 bits per heavy atom. The Morgan fingerprint density at radius 1 is 1.00 bits per heavy atom. The van der Waals surface area contributed by atoms with E-state index < -0.39 is 0 Å². The first kappa shape index (κ1) is 12.4. The Kier molecular flexibility index (Phi) is 3.89. The van der Waals surface area contributed by atoms with Gasteiger partial charge in [0.1, 0.15) is 0 Å². The quantitative estimate of drug-likeness (QED) is 0.847. The second-order valence-corrected chi connectivity index (χ2v) is 5.07. The molecule has 0 bridgehead atoms. The lowest BCUT2D eigenvalue weighted by molar-refractivity contribution is 0.234. The van der Waals surface area contributed by atoms with Gasteiger partial charge in [0.25, 0.3) is 0 Å². The second-order valence-electron chi connectivity index (χ2n) is 5.07. The minimum atomic E-state index is 0.686. The molecular weight excluding hydrogens is 238 g/mol. The summed E-state index contributed by atoms with van der Waals surface area (Å²) in [5, 5.41) is 4.06. The highest BCUT2D eigenvalue weighted by atomic mass is 16.5. The molecule has 0 radical (unpaired) electrons. The summed E-state index contributed by atoms with van der Waals surface area (Å²) in [5.74, 6) is 1.41. The van der Waals surface area contributed by atoms with Crippen LogP contribution in [0.2, 0.25) is 0 Å². The van der Waals surface area contributed by atoms with E-state index in [1.807, 2.05) is 30.3 Å². The van der Waals surface area contributed by atoms with Crippen LogP contribution in [0.1, 0.15) is 31.6 Å². The van der Waals surface area contributed by atoms with Crippen molar-refractivity contribution in [1.29, 1.82) is 0 Å². The smallest absolute Gasteiger partial charge is 0.241 e. The molecule has 1 fully saturated rings. The van der Waals surface area contributed by atoms with Gasteiger partial charge in [-0.25, -0.2) is 0 Å². The molecule has 3 rings (SSSR count). The van der Waals surface area contributed by atoms with Gasteiger partial charge in [-0.15, -0.1) is 0 Å². The highest BCUT2D eigenvalue weighted by molar-refractivity contribution is 5.53. The minimum absolute atomic E-state index is 0.686. The number of hydrogen-bond donors (Lipinski definition) is 0. The molecule has 0 amide bonds. The lowest BCUT2D eigenvalue weighted by Crippen LogP contribution is -2.24. The maximum Gasteiger partial charge on any atom is 0.241 e. The van der Waals surface area contributed by atoms with E-state index in [1.165, 1.54) is 25.7 Å². The van der Waals surface area contributed by atoms with Crippen molar-refractivity contribution in [3.8, 4) is 11.4 Å². The first-order valence-electron chi connectivity index (χ1n) is 7.02. The first-order chi connectivity index (χ1) is 9.42. The molecule has 100 valence electrons. The van der Waals surface area contributed by atoms with Crippen LogP contribution >= 0.6 is 0 Å². The van der Waals surface area contributed by atoms with E-state index in [4.69, 9.17) is 4.52 Å². The molecule has 1 aromatic carbocycles. The molecule has 0 atom stereocenters. The van der Waals surface area contributed by atoms with Crippen LogP contribution < -0.4 is 0 Å². The molecule has 1 aromatic heterocycles. The zero-order valence-corrected chi connectivity index (χ0v) is 11.1. The molecule has 4 nitrogen and oxygen atoms in total. The van der Waals surface area contributed by atoms with Gasteiger partial charge in [-0.05, 0) is 25.9 Å². The summed E-state index contributed by atoms with van der Waals surface area (Å²) >= 11 is 0. The van der Waals surface area contributed by atoms with Crippen LogP contribution in [-0.2, 0) is 6.54 Å². The van der Waals surface area contributed by atoms with E-state index in [-0.39, 0.29) is 0 Å². The van der Waals surface area contributed by atoms with Crippen LogP contribution in [0.3, 0.4) is 0 Å². The zero-order valence-electron chi connectivity index (χ0n) is 11.1. The summed E-state index contributed by atoms with van der Waals surface area (Å²) in [6, 6.07) is 9.96. The summed E-state index contributed by atoms with van der Waals surface area (Å²) < 4.78 is 5.36. The predicted molar refractivity (Wildman–Crippen MR) is 73.5 cm³/mol. The van der Waals surface area contributed by atoms with Gasteiger partial charge in [-0.1, -0.05) is 48.3 Å². The molecule has 0 saturated carbocycles. The Balaban J connectivity index is 1.68. The maximum atomic E-state index is 5.36. The summed E-state index contributed by atoms with van der Waals surface area (Å²) in [5.41, 5.74) is 1.01. The van der Waals surface area contributed by atoms with Crippen molar-refractivity contribution in [3.63, 3.8) is 0 Å². The summed E-state index contributed by atoms with van der Waals surface area (Å²) in [7, 11) is 0. The van der Waals surface area contributed by atoms with Crippen molar-refractivity contribution < 1.29 is 4.52 Å². The minimum Gasteiger partial charge on any atom is -0.338 e. The SMILES string of the molecule is c1ccc(-c2noc(CN3CCCCCC3)n2)cc1. The van der Waals surface area contributed by atoms with E-state index in [1.54, 1.807) is 0 Å². The van der Waals surface area contributed by atoms with Crippen LogP contribution in [0.25, 0.3) is 11.4 Å². The van der Waals surface area contributed by atoms with Crippen LogP contribution in [0.15, 0.2) is 34.9 Å². The van der Waals surface area contributed by atoms with Crippen molar-refractivity contribution in [1.82, 2.24) is 15.0 Å². The lowest BCUT2D eigenvalue weighted by Gasteiger charge is -2.16. The standard InChI is InChI=1S/C15H19N3O/c1-2-7-11-18(10-6-1)12-14-16-15(17-19-14)13-8-4-3-5-9-13/h3-5,8-9H,1-2,6-7,10-12H2. The molecular formula is C15H19N3O. The summed E-state index contributed by atoms with van der Waals surface area (Å²) in [6.45, 7) is 3.06. The third-order valence-corrected chi connectivity index (χ3v) is 3.56. The molecule has 1 aliphatic rings. The van der Waals surface area contributed by atoms with Crippen molar-refractivity contribution in [2.45, 2.75) is 32.2 Å². The average molecular weight is 257 g/mol. The van der Waals surface area contributed by atoms with Crippen LogP contribution in [0.4, 0.5) is 0 Å². The molecule has 0 N–H and O–H groups in total. The second kappa shape index (κ2) is 5.97. The fraction of sp³-hybridized carbons (Fsp3) is 0.467. The highest BCUT2D eigenvalue weighted by Crippen LogP contribution is 2.17. The first-order valence-corrected chi connectivity index (χ1v) is 7.02. The van der Waals surface area contributed by atoms with Gasteiger partial charge in [-0.2, -0.15) is 4.98 Å². The molecule has 0 aliphatic carbocycles. The van der Waals surface area contributed by atoms with Crippen molar-refractivity contribution in [2.24, 2.45) is 0 Å². The molecule has 1 aliphatic heterocycles. The Morgan fingerprint density at radius 3 is 2.47 bits per heavy atom. The van der Waals surface area contributed by atoms with E-state index in [0.29, 0.717) is 5.82 Å². The van der Waals surface area contributed by atoms with E-state index >= 15 is 0 Å². The van der Waals surface area contributed by atoms with E-state index in [0.717, 1.165) is 31.1 Å². The summed E-state index contributed by atoms with van der Waals surface area (Å²) in [4.78, 5) is 6.90. The highest BCUT2D eigenvalue weighted by Gasteiger charge is 2.14. The molecule has 0 spiro atoms. The zero-order chi connectivity index (χ0) is 12.9. The van der Waals surface area contributed by atoms with Gasteiger partial charge in [-0.3, -0.25) is 4.90 Å². The molecule has 2 aromatic rings. The summed E-state index contributed by atoms with van der Waals surface area (Å²) in [6.07, 6.45) is 5.24. The van der Waals surface area contributed by atoms with Crippen LogP contribution in [0.5, 0.6) is 0 Å². The molecule has 0 unspecified atom stereocenters. The van der Waals surface area contributed by atoms with Crippen molar-refractivity contribution >= 4 is 0 Å². The fourth-order valence-corrected chi connectivity index (χ4v) is 2.51. The lowest BCUT2D eigenvalue weighted by atomic mass is 10.2. The van der Waals surface area contributed by atoms with Gasteiger partial charge in [0.05, 0.1) is 6.54 Å². The van der Waals surface area contributed by atoms with Crippen molar-refractivity contribution in [2.75, 3.05) is 13.1 Å². The molecule has 1 saturated heterocycles.